The normalized spacial score (nSPS) is 15.2. The van der Waals surface area contributed by atoms with Crippen LogP contribution in [0.4, 0.5) is 13.6 Å². The van der Waals surface area contributed by atoms with Crippen LogP contribution >= 0.6 is 22.6 Å². The van der Waals surface area contributed by atoms with E-state index in [1.54, 1.807) is 26.8 Å². The average Bonchev–Trinajstić information content (AvgIpc) is 2.54. The van der Waals surface area contributed by atoms with Gasteiger partial charge in [0.05, 0.1) is 5.56 Å². The summed E-state index contributed by atoms with van der Waals surface area (Å²) in [5.74, 6) is -0.553. The molecule has 0 bridgehead atoms. The lowest BCUT2D eigenvalue weighted by Gasteiger charge is -2.35. The largest absolute Gasteiger partial charge is 0.444 e. The van der Waals surface area contributed by atoms with Crippen LogP contribution in [0.5, 0.6) is 5.75 Å². The number of piperazine rings is 1. The molecule has 1 aromatic rings. The number of alkyl halides is 2. The third-order valence-corrected chi connectivity index (χ3v) is 4.28. The van der Waals surface area contributed by atoms with E-state index in [2.05, 4.69) is 4.74 Å². The lowest BCUT2D eigenvalue weighted by atomic mass is 10.1. The average molecular weight is 482 g/mol. The lowest BCUT2D eigenvalue weighted by molar-refractivity contribution is -0.0503. The molecule has 6 nitrogen and oxygen atoms in total. The van der Waals surface area contributed by atoms with Gasteiger partial charge in [-0.05, 0) is 61.6 Å². The molecule has 144 valence electrons. The number of amides is 2. The molecule has 0 radical (unpaired) electrons. The molecule has 1 fully saturated rings. The van der Waals surface area contributed by atoms with Gasteiger partial charge in [0, 0.05) is 29.7 Å². The molecule has 0 saturated carbocycles. The Bertz CT molecular complexity index is 671. The van der Waals surface area contributed by atoms with Gasteiger partial charge in [0.15, 0.2) is 0 Å². The molecule has 0 aliphatic carbocycles. The fraction of sp³-hybridized carbons (Fsp3) is 0.529. The molecular weight excluding hydrogens is 461 g/mol. The molecule has 1 aliphatic heterocycles. The van der Waals surface area contributed by atoms with Crippen LogP contribution < -0.4 is 4.74 Å². The Hall–Kier alpha value is -1.65. The van der Waals surface area contributed by atoms with Crippen LogP contribution in [0.3, 0.4) is 0 Å². The number of nitrogens with zero attached hydrogens (tertiary/aromatic N) is 2. The predicted octanol–water partition coefficient (Wildman–Crippen LogP) is 3.59. The number of benzene rings is 1. The molecule has 0 spiro atoms. The van der Waals surface area contributed by atoms with E-state index in [4.69, 9.17) is 4.74 Å². The number of carbonyl (C=O) groups is 2. The summed E-state index contributed by atoms with van der Waals surface area (Å²) in [6.07, 6.45) is -0.430. The Morgan fingerprint density at radius 3 is 2.23 bits per heavy atom. The van der Waals surface area contributed by atoms with Gasteiger partial charge < -0.3 is 19.3 Å². The van der Waals surface area contributed by atoms with Crippen LogP contribution in [-0.2, 0) is 4.74 Å². The highest BCUT2D eigenvalue weighted by molar-refractivity contribution is 14.1. The Labute approximate surface area is 164 Å². The molecule has 0 unspecified atom stereocenters. The van der Waals surface area contributed by atoms with E-state index in [-0.39, 0.29) is 24.4 Å². The van der Waals surface area contributed by atoms with Crippen LogP contribution in [0.15, 0.2) is 18.2 Å². The minimum atomic E-state index is -3.01. The summed E-state index contributed by atoms with van der Waals surface area (Å²) >= 11 is 2.00. The van der Waals surface area contributed by atoms with Gasteiger partial charge in [0.25, 0.3) is 5.91 Å². The maximum Gasteiger partial charge on any atom is 0.410 e. The molecule has 0 atom stereocenters. The fourth-order valence-corrected chi connectivity index (χ4v) is 2.95. The van der Waals surface area contributed by atoms with E-state index in [1.807, 2.05) is 22.6 Å². The maximum absolute atomic E-state index is 12.7. The van der Waals surface area contributed by atoms with E-state index >= 15 is 0 Å². The second kappa shape index (κ2) is 8.36. The zero-order valence-corrected chi connectivity index (χ0v) is 17.0. The Morgan fingerprint density at radius 2 is 1.69 bits per heavy atom. The van der Waals surface area contributed by atoms with E-state index in [0.29, 0.717) is 13.1 Å². The molecule has 1 aliphatic rings. The molecule has 2 rings (SSSR count). The van der Waals surface area contributed by atoms with Crippen LogP contribution in [0.2, 0.25) is 0 Å². The molecule has 0 aromatic heterocycles. The molecular formula is C17H21F2IN2O4. The molecule has 1 heterocycles. The van der Waals surface area contributed by atoms with Gasteiger partial charge in [-0.15, -0.1) is 0 Å². The summed E-state index contributed by atoms with van der Waals surface area (Å²) in [6.45, 7) is 3.55. The Kier molecular flexibility index (Phi) is 6.64. The number of hydrogen-bond acceptors (Lipinski definition) is 4. The second-order valence-electron chi connectivity index (χ2n) is 6.78. The number of hydrogen-bond donors (Lipinski definition) is 0. The summed E-state index contributed by atoms with van der Waals surface area (Å²) in [7, 11) is 0. The standard InChI is InChI=1S/C17H21F2IN2O4/c1-17(2,3)26-16(24)22-8-6-21(7-9-22)14(23)12-10-11(20)4-5-13(12)25-15(18)19/h4-5,10,15H,6-9H2,1-3H3. The third kappa shape index (κ3) is 5.68. The summed E-state index contributed by atoms with van der Waals surface area (Å²) < 4.78 is 35.7. The van der Waals surface area contributed by atoms with Crippen molar-refractivity contribution >= 4 is 34.6 Å². The smallest absolute Gasteiger partial charge is 0.410 e. The van der Waals surface area contributed by atoms with Crippen molar-refractivity contribution in [2.75, 3.05) is 26.2 Å². The number of rotatable bonds is 3. The fourth-order valence-electron chi connectivity index (χ4n) is 2.46. The van der Waals surface area contributed by atoms with Crippen LogP contribution in [0.1, 0.15) is 31.1 Å². The summed E-state index contributed by atoms with van der Waals surface area (Å²) in [4.78, 5) is 27.8. The Morgan fingerprint density at radius 1 is 1.12 bits per heavy atom. The summed E-state index contributed by atoms with van der Waals surface area (Å²) in [5.41, 5.74) is -0.505. The third-order valence-electron chi connectivity index (χ3n) is 3.61. The SMILES string of the molecule is CC(C)(C)OC(=O)N1CCN(C(=O)c2cc(I)ccc2OC(F)F)CC1. The highest BCUT2D eigenvalue weighted by Crippen LogP contribution is 2.25. The van der Waals surface area contributed by atoms with E-state index in [9.17, 15) is 18.4 Å². The molecule has 1 aromatic carbocycles. The van der Waals surface area contributed by atoms with Crippen LogP contribution in [-0.4, -0.2) is 60.2 Å². The van der Waals surface area contributed by atoms with Crippen molar-refractivity contribution in [3.63, 3.8) is 0 Å². The van der Waals surface area contributed by atoms with Crippen molar-refractivity contribution in [1.29, 1.82) is 0 Å². The van der Waals surface area contributed by atoms with Crippen molar-refractivity contribution in [2.45, 2.75) is 33.0 Å². The minimum absolute atomic E-state index is 0.0860. The number of carbonyl (C=O) groups excluding carboxylic acids is 2. The molecule has 1 saturated heterocycles. The summed E-state index contributed by atoms with van der Waals surface area (Å²) in [6, 6.07) is 4.47. The number of ether oxygens (including phenoxy) is 2. The first-order chi connectivity index (χ1) is 12.1. The predicted molar refractivity (Wildman–Crippen MR) is 99.5 cm³/mol. The van der Waals surface area contributed by atoms with Crippen LogP contribution in [0, 0.1) is 3.57 Å². The minimum Gasteiger partial charge on any atom is -0.444 e. The Balaban J connectivity index is 2.05. The van der Waals surface area contributed by atoms with E-state index in [1.165, 1.54) is 21.9 Å². The summed E-state index contributed by atoms with van der Waals surface area (Å²) in [5, 5.41) is 0. The first-order valence-electron chi connectivity index (χ1n) is 8.08. The monoisotopic (exact) mass is 482 g/mol. The van der Waals surface area contributed by atoms with E-state index in [0.717, 1.165) is 3.57 Å². The number of halogens is 3. The zero-order chi connectivity index (χ0) is 19.5. The van der Waals surface area contributed by atoms with Crippen molar-refractivity contribution in [1.82, 2.24) is 9.80 Å². The lowest BCUT2D eigenvalue weighted by Crippen LogP contribution is -2.51. The topological polar surface area (TPSA) is 59.1 Å². The van der Waals surface area contributed by atoms with Gasteiger partial charge in [-0.1, -0.05) is 0 Å². The van der Waals surface area contributed by atoms with Gasteiger partial charge in [0.2, 0.25) is 0 Å². The van der Waals surface area contributed by atoms with E-state index < -0.39 is 24.2 Å². The van der Waals surface area contributed by atoms with Crippen molar-refractivity contribution < 1.29 is 27.8 Å². The second-order valence-corrected chi connectivity index (χ2v) is 8.02. The molecule has 9 heteroatoms. The van der Waals surface area contributed by atoms with Gasteiger partial charge in [-0.25, -0.2) is 4.79 Å². The zero-order valence-electron chi connectivity index (χ0n) is 14.8. The van der Waals surface area contributed by atoms with Gasteiger partial charge in [0.1, 0.15) is 11.4 Å². The highest BCUT2D eigenvalue weighted by atomic mass is 127. The first kappa shape index (κ1) is 20.7. The maximum atomic E-state index is 12.7. The quantitative estimate of drug-likeness (QED) is 0.619. The molecule has 26 heavy (non-hydrogen) atoms. The van der Waals surface area contributed by atoms with Gasteiger partial charge >= 0.3 is 12.7 Å². The molecule has 2 amide bonds. The van der Waals surface area contributed by atoms with Crippen molar-refractivity contribution in [3.8, 4) is 5.75 Å². The molecule has 0 N–H and O–H groups in total. The first-order valence-corrected chi connectivity index (χ1v) is 9.16. The van der Waals surface area contributed by atoms with Gasteiger partial charge in [-0.3, -0.25) is 4.79 Å². The van der Waals surface area contributed by atoms with Gasteiger partial charge in [-0.2, -0.15) is 8.78 Å². The van der Waals surface area contributed by atoms with Crippen molar-refractivity contribution in [2.24, 2.45) is 0 Å². The highest BCUT2D eigenvalue weighted by Gasteiger charge is 2.29. The van der Waals surface area contributed by atoms with Crippen LogP contribution in [0.25, 0.3) is 0 Å². The van der Waals surface area contributed by atoms with Crippen molar-refractivity contribution in [3.05, 3.63) is 27.3 Å².